The molecule has 0 radical (unpaired) electrons. The summed E-state index contributed by atoms with van der Waals surface area (Å²) < 4.78 is 4.84. The van der Waals surface area contributed by atoms with E-state index in [1.165, 1.54) is 13.2 Å². The first-order valence-electron chi connectivity index (χ1n) is 3.48. The van der Waals surface area contributed by atoms with Gasteiger partial charge < -0.3 is 52.5 Å². The van der Waals surface area contributed by atoms with Crippen LogP contribution in [0.5, 0.6) is 5.75 Å². The fraction of sp³-hybridized carbons (Fsp3) is 0.125. The second-order valence-electron chi connectivity index (χ2n) is 2.29. The Morgan fingerprint density at radius 1 is 1.33 bits per heavy atom. The second kappa shape index (κ2) is 14.8. The largest absolute Gasteiger partial charge is 2.00 e. The third kappa shape index (κ3) is 7.20. The molecule has 0 bridgehead atoms. The van der Waals surface area contributed by atoms with Crippen LogP contribution >= 0.6 is 12.4 Å². The van der Waals surface area contributed by atoms with E-state index in [1.54, 1.807) is 12.1 Å². The maximum absolute atomic E-state index is 10.7. The topological polar surface area (TPSA) is 84.3 Å². The number of hydrogen-bond donors (Lipinski definition) is 1. The van der Waals surface area contributed by atoms with Gasteiger partial charge in [-0.15, -0.1) is 12.4 Å². The van der Waals surface area contributed by atoms with E-state index in [4.69, 9.17) is 15.5 Å². The van der Waals surface area contributed by atoms with E-state index in [1.807, 2.05) is 0 Å². The summed E-state index contributed by atoms with van der Waals surface area (Å²) >= 11 is 0. The van der Waals surface area contributed by atoms with Gasteiger partial charge in [-0.05, 0) is 18.0 Å². The molecular weight excluding hydrogens is 377 g/mol. The molecule has 0 aromatic heterocycles. The Kier molecular flexibility index (Phi) is 25.1. The minimum Gasteiger partial charge on any atom is -1.00 e. The van der Waals surface area contributed by atoms with Gasteiger partial charge in [0, 0.05) is 0 Å². The van der Waals surface area contributed by atoms with Crippen LogP contribution in [-0.4, -0.2) is 13.0 Å². The minimum absolute atomic E-state index is 0. The second-order valence-corrected chi connectivity index (χ2v) is 2.29. The third-order valence-corrected chi connectivity index (χ3v) is 1.56. The minimum atomic E-state index is -0.910. The molecule has 0 aliphatic heterocycles. The van der Waals surface area contributed by atoms with Gasteiger partial charge in [0.25, 0.3) is 0 Å². The summed E-state index contributed by atoms with van der Waals surface area (Å²) in [5.41, 5.74) is 0.00634. The van der Waals surface area contributed by atoms with Gasteiger partial charge in [-0.2, -0.15) is 0 Å². The smallest absolute Gasteiger partial charge is 1.00 e. The van der Waals surface area contributed by atoms with Crippen molar-refractivity contribution < 1.29 is 66.5 Å². The zero-order valence-electron chi connectivity index (χ0n) is 9.19. The molecule has 0 atom stereocenters. The van der Waals surface area contributed by atoms with Crippen LogP contribution in [0.1, 0.15) is 5.56 Å². The first-order valence-corrected chi connectivity index (χ1v) is 3.48. The maximum Gasteiger partial charge on any atom is 2.00 e. The Morgan fingerprint density at radius 3 is 2.17 bits per heavy atom. The fourth-order valence-corrected chi connectivity index (χ4v) is 0.973. The molecule has 0 aliphatic rings. The van der Waals surface area contributed by atoms with E-state index < -0.39 is 5.90 Å². The first-order chi connectivity index (χ1) is 6.20. The number of nitrogens with one attached hydrogen (secondary N) is 1. The predicted octanol–water partition coefficient (Wildman–Crippen LogP) is -7.70. The van der Waals surface area contributed by atoms with Crippen LogP contribution in [0.3, 0.4) is 0 Å². The molecule has 1 rings (SSSR count). The molecule has 0 heterocycles. The number of diazo groups is 1. The van der Waals surface area contributed by atoms with Crippen LogP contribution in [0.25, 0.3) is 4.98 Å². The third-order valence-electron chi connectivity index (χ3n) is 1.56. The molecule has 0 aliphatic carbocycles. The monoisotopic (exact) mass is 382 g/mol. The number of halogens is 4. The van der Waals surface area contributed by atoms with Crippen LogP contribution in [-0.2, 0) is 19.5 Å². The van der Waals surface area contributed by atoms with Gasteiger partial charge in [-0.1, -0.05) is 6.07 Å². The zero-order chi connectivity index (χ0) is 9.84. The quantitative estimate of drug-likeness (QED) is 0.238. The number of nitrogens with zero attached hydrogens (tertiary/aromatic N) is 2. The Morgan fingerprint density at radius 2 is 1.83 bits per heavy atom. The number of hydrogen-bond acceptors (Lipinski definition) is 4. The Hall–Kier alpha value is -0.307. The average molecular weight is 385 g/mol. The molecule has 1 aromatic rings. The van der Waals surface area contributed by atoms with Gasteiger partial charge >= 0.3 is 25.2 Å². The Balaban J connectivity index is -0.000000113. The fourth-order valence-electron chi connectivity index (χ4n) is 0.973. The van der Waals surface area contributed by atoms with Crippen LogP contribution in [0.15, 0.2) is 18.2 Å². The van der Waals surface area contributed by atoms with E-state index in [-0.39, 0.29) is 86.1 Å². The molecule has 0 saturated carbocycles. The maximum atomic E-state index is 10.7. The van der Waals surface area contributed by atoms with E-state index >= 15 is 0 Å². The van der Waals surface area contributed by atoms with Gasteiger partial charge in [-0.3, -0.25) is 0 Å². The summed E-state index contributed by atoms with van der Waals surface area (Å²) in [6.45, 7) is 0. The molecule has 0 unspecified atom stereocenters. The SMILES string of the molecule is COc1cccc(C(=N)[O-])c1[N+]#N.Cl.[Cl-].[Cl-].[Cl-].[Zn+2]. The van der Waals surface area contributed by atoms with E-state index in [2.05, 4.69) is 4.98 Å². The zero-order valence-corrected chi connectivity index (χ0v) is 15.2. The van der Waals surface area contributed by atoms with Crippen molar-refractivity contribution in [3.05, 3.63) is 28.7 Å². The molecule has 0 saturated heterocycles. The van der Waals surface area contributed by atoms with E-state index in [0.717, 1.165) is 0 Å². The summed E-state index contributed by atoms with van der Waals surface area (Å²) in [7, 11) is 1.39. The molecule has 0 fully saturated rings. The molecule has 1 N–H and O–H groups in total. The summed E-state index contributed by atoms with van der Waals surface area (Å²) in [5.74, 6) is -0.646. The van der Waals surface area contributed by atoms with Crippen LogP contribution in [0, 0.1) is 10.8 Å². The van der Waals surface area contributed by atoms with Crippen LogP contribution < -0.4 is 47.1 Å². The summed E-state index contributed by atoms with van der Waals surface area (Å²) in [4.78, 5) is 2.90. The number of ether oxygens (including phenoxy) is 1. The summed E-state index contributed by atoms with van der Waals surface area (Å²) in [5, 5.41) is 26.2. The molecule has 18 heavy (non-hydrogen) atoms. The summed E-state index contributed by atoms with van der Waals surface area (Å²) in [6, 6.07) is 4.49. The first kappa shape index (κ1) is 30.6. The number of benzene rings is 1. The van der Waals surface area contributed by atoms with Crippen molar-refractivity contribution in [1.82, 2.24) is 0 Å². The van der Waals surface area contributed by atoms with E-state index in [9.17, 15) is 5.11 Å². The van der Waals surface area contributed by atoms with Crippen molar-refractivity contribution in [2.24, 2.45) is 0 Å². The van der Waals surface area contributed by atoms with Gasteiger partial charge in [0.1, 0.15) is 0 Å². The number of rotatable bonds is 2. The molecule has 5 nitrogen and oxygen atoms in total. The Bertz CT molecular complexity index is 400. The Labute approximate surface area is 142 Å². The molecule has 1 aromatic carbocycles. The van der Waals surface area contributed by atoms with Gasteiger partial charge in [0.15, 0.2) is 4.98 Å². The van der Waals surface area contributed by atoms with Gasteiger partial charge in [0.2, 0.25) is 11.1 Å². The summed E-state index contributed by atoms with van der Waals surface area (Å²) in [6.07, 6.45) is 0. The van der Waals surface area contributed by atoms with Crippen molar-refractivity contribution in [2.45, 2.75) is 0 Å². The molecule has 0 amide bonds. The van der Waals surface area contributed by atoms with Crippen LogP contribution in [0.2, 0.25) is 0 Å². The molecule has 10 heteroatoms. The number of methoxy groups -OCH3 is 1. The predicted molar refractivity (Wildman–Crippen MR) is 51.8 cm³/mol. The average Bonchev–Trinajstić information content (AvgIpc) is 2.16. The van der Waals surface area contributed by atoms with Gasteiger partial charge in [-0.25, -0.2) is 0 Å². The van der Waals surface area contributed by atoms with Crippen LogP contribution in [0.4, 0.5) is 5.69 Å². The van der Waals surface area contributed by atoms with Crippen molar-refractivity contribution in [3.63, 3.8) is 0 Å². The molecule has 98 valence electrons. The molecular formula is C8H8Cl4N3O2Zn-. The van der Waals surface area contributed by atoms with E-state index in [0.29, 0.717) is 0 Å². The van der Waals surface area contributed by atoms with Gasteiger partial charge in [0.05, 0.1) is 12.7 Å². The van der Waals surface area contributed by atoms with Crippen molar-refractivity contribution in [2.75, 3.05) is 7.11 Å². The normalized spacial score (nSPS) is 6.44. The standard InChI is InChI=1S/C8H7N3O2.4ClH.Zn/c1-13-6-4-2-3-5(8(9)12)7(6)11-10;;;;;/h2-4H,1H3,(H-,9,12);4*1H;/q;;;;;+2/p-3. The van der Waals surface area contributed by atoms with Crippen molar-refractivity contribution in [1.29, 1.82) is 10.8 Å². The molecule has 0 spiro atoms. The van der Waals surface area contributed by atoms with Crippen molar-refractivity contribution in [3.8, 4) is 5.75 Å². The van der Waals surface area contributed by atoms with Crippen molar-refractivity contribution >= 4 is 24.0 Å².